The van der Waals surface area contributed by atoms with Crippen LogP contribution in [0.4, 0.5) is 11.6 Å². The maximum atomic E-state index is 11.2. The molecule has 16 heavy (non-hydrogen) atoms. The molecule has 82 valence electrons. The molecule has 0 aliphatic rings. The van der Waals surface area contributed by atoms with Gasteiger partial charge in [-0.05, 0) is 18.2 Å². The molecule has 0 aliphatic heterocycles. The molecule has 2 aromatic rings. The summed E-state index contributed by atoms with van der Waals surface area (Å²) in [6.07, 6.45) is 2.09. The number of rotatable bonds is 2. The number of nitrogens with one attached hydrogen (secondary N) is 1. The number of carbonyl (C=O) groups excluding carboxylic acids is 1. The molecule has 1 amide bonds. The number of fused-ring (bicyclic) bond motifs is 1. The van der Waals surface area contributed by atoms with Crippen LogP contribution in [0, 0.1) is 0 Å². The fourth-order valence-electron chi connectivity index (χ4n) is 1.37. The maximum absolute atomic E-state index is 11.2. The van der Waals surface area contributed by atoms with Crippen molar-refractivity contribution in [2.75, 3.05) is 11.1 Å². The van der Waals surface area contributed by atoms with Gasteiger partial charge in [0.25, 0.3) is 0 Å². The molecule has 0 saturated heterocycles. The van der Waals surface area contributed by atoms with E-state index in [0.717, 1.165) is 16.6 Å². The second kappa shape index (κ2) is 4.14. The predicted molar refractivity (Wildman–Crippen MR) is 62.9 cm³/mol. The summed E-state index contributed by atoms with van der Waals surface area (Å²) >= 11 is 0. The maximum Gasteiger partial charge on any atom is 0.224 e. The Morgan fingerprint density at radius 3 is 3.06 bits per heavy atom. The van der Waals surface area contributed by atoms with Gasteiger partial charge in [0, 0.05) is 23.7 Å². The zero-order valence-electron chi connectivity index (χ0n) is 8.90. The predicted octanol–water partition coefficient (Wildman–Crippen LogP) is 1.56. The van der Waals surface area contributed by atoms with Crippen LogP contribution in [-0.4, -0.2) is 15.9 Å². The standard InChI is InChI=1S/C11H12N4O/c1-2-10(16)14-8-3-4-9-7(5-8)6-13-11(12)15-9/h3-6H,2H2,1H3,(H,14,16)(H2,12,13,15). The minimum absolute atomic E-state index is 0.0179. The smallest absolute Gasteiger partial charge is 0.224 e. The van der Waals surface area contributed by atoms with Gasteiger partial charge in [0.2, 0.25) is 11.9 Å². The van der Waals surface area contributed by atoms with Gasteiger partial charge in [0.1, 0.15) is 0 Å². The van der Waals surface area contributed by atoms with E-state index in [1.54, 1.807) is 25.3 Å². The Hall–Kier alpha value is -2.17. The summed E-state index contributed by atoms with van der Waals surface area (Å²) in [5.41, 5.74) is 6.98. The van der Waals surface area contributed by atoms with Gasteiger partial charge in [-0.1, -0.05) is 6.92 Å². The summed E-state index contributed by atoms with van der Waals surface area (Å²) in [4.78, 5) is 19.2. The quantitative estimate of drug-likeness (QED) is 0.798. The number of hydrogen-bond acceptors (Lipinski definition) is 4. The summed E-state index contributed by atoms with van der Waals surface area (Å²) in [7, 11) is 0. The number of nitrogens with two attached hydrogens (primary N) is 1. The first-order chi connectivity index (χ1) is 7.69. The van der Waals surface area contributed by atoms with Crippen molar-refractivity contribution >= 4 is 28.4 Å². The van der Waals surface area contributed by atoms with Gasteiger partial charge in [-0.3, -0.25) is 4.79 Å². The summed E-state index contributed by atoms with van der Waals surface area (Å²) in [6, 6.07) is 5.42. The minimum atomic E-state index is -0.0179. The molecule has 5 nitrogen and oxygen atoms in total. The molecule has 1 aromatic carbocycles. The highest BCUT2D eigenvalue weighted by Crippen LogP contribution is 2.17. The third kappa shape index (κ3) is 2.08. The van der Waals surface area contributed by atoms with Gasteiger partial charge >= 0.3 is 0 Å². The summed E-state index contributed by atoms with van der Waals surface area (Å²) in [6.45, 7) is 1.81. The Morgan fingerprint density at radius 1 is 1.50 bits per heavy atom. The molecule has 0 saturated carbocycles. The van der Waals surface area contributed by atoms with Gasteiger partial charge in [0.15, 0.2) is 0 Å². The highest BCUT2D eigenvalue weighted by atomic mass is 16.1. The highest BCUT2D eigenvalue weighted by Gasteiger charge is 2.01. The van der Waals surface area contributed by atoms with Crippen molar-refractivity contribution in [1.82, 2.24) is 9.97 Å². The SMILES string of the molecule is CCC(=O)Nc1ccc2nc(N)ncc2c1. The number of nitrogen functional groups attached to an aromatic ring is 1. The topological polar surface area (TPSA) is 80.9 Å². The van der Waals surface area contributed by atoms with Crippen LogP contribution in [0.5, 0.6) is 0 Å². The Balaban J connectivity index is 2.37. The van der Waals surface area contributed by atoms with Gasteiger partial charge in [0.05, 0.1) is 5.52 Å². The lowest BCUT2D eigenvalue weighted by Crippen LogP contribution is -2.09. The van der Waals surface area contributed by atoms with Crippen LogP contribution in [0.2, 0.25) is 0 Å². The molecule has 1 heterocycles. The van der Waals surface area contributed by atoms with E-state index in [-0.39, 0.29) is 11.9 Å². The van der Waals surface area contributed by atoms with E-state index < -0.39 is 0 Å². The van der Waals surface area contributed by atoms with Crippen LogP contribution in [0.3, 0.4) is 0 Å². The number of hydrogen-bond donors (Lipinski definition) is 2. The molecule has 1 aromatic heterocycles. The summed E-state index contributed by atoms with van der Waals surface area (Å²) < 4.78 is 0. The van der Waals surface area contributed by atoms with Gasteiger partial charge in [-0.25, -0.2) is 9.97 Å². The third-order valence-corrected chi connectivity index (χ3v) is 2.20. The second-order valence-electron chi connectivity index (χ2n) is 3.40. The van der Waals surface area contributed by atoms with Crippen LogP contribution in [0.25, 0.3) is 10.9 Å². The lowest BCUT2D eigenvalue weighted by Gasteiger charge is -2.04. The van der Waals surface area contributed by atoms with Crippen molar-refractivity contribution in [3.8, 4) is 0 Å². The van der Waals surface area contributed by atoms with E-state index >= 15 is 0 Å². The van der Waals surface area contributed by atoms with Crippen LogP contribution in [0.15, 0.2) is 24.4 Å². The Morgan fingerprint density at radius 2 is 2.31 bits per heavy atom. The molecular weight excluding hydrogens is 204 g/mol. The summed E-state index contributed by atoms with van der Waals surface area (Å²) in [5, 5.41) is 3.62. The molecule has 0 aliphatic carbocycles. The first kappa shape index (κ1) is 10.4. The van der Waals surface area contributed by atoms with Crippen molar-refractivity contribution in [3.63, 3.8) is 0 Å². The average molecular weight is 216 g/mol. The van der Waals surface area contributed by atoms with Crippen LogP contribution in [-0.2, 0) is 4.79 Å². The molecule has 0 fully saturated rings. The zero-order chi connectivity index (χ0) is 11.5. The Kier molecular flexibility index (Phi) is 2.68. The molecular formula is C11H12N4O. The average Bonchev–Trinajstić information content (AvgIpc) is 2.29. The Bertz CT molecular complexity index is 538. The molecule has 0 radical (unpaired) electrons. The van der Waals surface area contributed by atoms with Crippen molar-refractivity contribution in [2.24, 2.45) is 0 Å². The van der Waals surface area contributed by atoms with Gasteiger partial charge in [-0.15, -0.1) is 0 Å². The third-order valence-electron chi connectivity index (χ3n) is 2.20. The van der Waals surface area contributed by atoms with E-state index in [0.29, 0.717) is 6.42 Å². The lowest BCUT2D eigenvalue weighted by molar-refractivity contribution is -0.115. The molecule has 0 bridgehead atoms. The molecule has 0 unspecified atom stereocenters. The largest absolute Gasteiger partial charge is 0.368 e. The normalized spacial score (nSPS) is 10.3. The summed E-state index contributed by atoms with van der Waals surface area (Å²) in [5.74, 6) is 0.230. The lowest BCUT2D eigenvalue weighted by atomic mass is 10.2. The fourth-order valence-corrected chi connectivity index (χ4v) is 1.37. The Labute approximate surface area is 92.7 Å². The van der Waals surface area contributed by atoms with Crippen molar-refractivity contribution < 1.29 is 4.79 Å². The second-order valence-corrected chi connectivity index (χ2v) is 3.40. The number of anilines is 2. The van der Waals surface area contributed by atoms with Gasteiger partial charge in [-0.2, -0.15) is 0 Å². The number of aromatic nitrogens is 2. The van der Waals surface area contributed by atoms with Crippen molar-refractivity contribution in [2.45, 2.75) is 13.3 Å². The minimum Gasteiger partial charge on any atom is -0.368 e. The van der Waals surface area contributed by atoms with E-state index in [1.165, 1.54) is 0 Å². The van der Waals surface area contributed by atoms with E-state index in [4.69, 9.17) is 5.73 Å². The van der Waals surface area contributed by atoms with E-state index in [9.17, 15) is 4.79 Å². The molecule has 3 N–H and O–H groups in total. The molecule has 0 spiro atoms. The fraction of sp³-hybridized carbons (Fsp3) is 0.182. The zero-order valence-corrected chi connectivity index (χ0v) is 8.90. The van der Waals surface area contributed by atoms with Gasteiger partial charge < -0.3 is 11.1 Å². The monoisotopic (exact) mass is 216 g/mol. The number of carbonyl (C=O) groups is 1. The molecule has 0 atom stereocenters. The van der Waals surface area contributed by atoms with Crippen LogP contribution >= 0.6 is 0 Å². The molecule has 2 rings (SSSR count). The first-order valence-corrected chi connectivity index (χ1v) is 5.01. The first-order valence-electron chi connectivity index (χ1n) is 5.01. The van der Waals surface area contributed by atoms with Crippen molar-refractivity contribution in [1.29, 1.82) is 0 Å². The number of benzene rings is 1. The van der Waals surface area contributed by atoms with E-state index in [1.807, 2.05) is 6.07 Å². The van der Waals surface area contributed by atoms with Crippen LogP contribution < -0.4 is 11.1 Å². The number of amides is 1. The van der Waals surface area contributed by atoms with Crippen molar-refractivity contribution in [3.05, 3.63) is 24.4 Å². The highest BCUT2D eigenvalue weighted by molar-refractivity contribution is 5.93. The van der Waals surface area contributed by atoms with Crippen LogP contribution in [0.1, 0.15) is 13.3 Å². The number of nitrogens with zero attached hydrogens (tertiary/aromatic N) is 2. The van der Waals surface area contributed by atoms with E-state index in [2.05, 4.69) is 15.3 Å². The molecule has 5 heteroatoms.